The Kier molecular flexibility index (Phi) is 6.29. The monoisotopic (exact) mass is 478 g/mol. The summed E-state index contributed by atoms with van der Waals surface area (Å²) in [6.45, 7) is 1.64. The minimum absolute atomic E-state index is 0.0484. The van der Waals surface area contributed by atoms with Crippen LogP contribution in [0.3, 0.4) is 0 Å². The number of sulfone groups is 1. The number of benzene rings is 2. The van der Waals surface area contributed by atoms with Crippen LogP contribution in [-0.4, -0.2) is 51.9 Å². The predicted octanol–water partition coefficient (Wildman–Crippen LogP) is 3.00. The molecule has 1 saturated heterocycles. The second-order valence-electron chi connectivity index (χ2n) is 7.47. The van der Waals surface area contributed by atoms with E-state index in [2.05, 4.69) is 15.5 Å². The molecule has 4 rings (SSSR count). The zero-order valence-electron chi connectivity index (χ0n) is 17.0. The van der Waals surface area contributed by atoms with Crippen molar-refractivity contribution < 1.29 is 22.0 Å². The number of carbonyl (C=O) groups is 1. The van der Waals surface area contributed by atoms with Crippen LogP contribution >= 0.6 is 11.8 Å². The Morgan fingerprint density at radius 2 is 1.94 bits per heavy atom. The lowest BCUT2D eigenvalue weighted by atomic mass is 10.2. The van der Waals surface area contributed by atoms with E-state index in [9.17, 15) is 22.0 Å². The first-order valence-corrected chi connectivity index (χ1v) is 12.6. The van der Waals surface area contributed by atoms with Crippen LogP contribution in [0.1, 0.15) is 13.3 Å². The average Bonchev–Trinajstić information content (AvgIpc) is 3.31. The number of rotatable bonds is 6. The van der Waals surface area contributed by atoms with Crippen LogP contribution in [0.4, 0.5) is 8.78 Å². The maximum absolute atomic E-state index is 14.7. The summed E-state index contributed by atoms with van der Waals surface area (Å²) in [5, 5.41) is 10.7. The van der Waals surface area contributed by atoms with Gasteiger partial charge in [-0.25, -0.2) is 17.2 Å². The minimum Gasteiger partial charge on any atom is -0.351 e. The summed E-state index contributed by atoms with van der Waals surface area (Å²) in [6, 6.07) is 11.8. The average molecular weight is 479 g/mol. The summed E-state index contributed by atoms with van der Waals surface area (Å²) >= 11 is 1.05. The molecule has 0 spiro atoms. The largest absolute Gasteiger partial charge is 0.351 e. The van der Waals surface area contributed by atoms with Gasteiger partial charge in [0.15, 0.2) is 20.8 Å². The first kappa shape index (κ1) is 22.4. The molecule has 1 aliphatic rings. The fourth-order valence-electron chi connectivity index (χ4n) is 3.44. The lowest BCUT2D eigenvalue weighted by Crippen LogP contribution is -2.40. The summed E-state index contributed by atoms with van der Waals surface area (Å²) in [5.74, 6) is -1.55. The van der Waals surface area contributed by atoms with Crippen LogP contribution in [-0.2, 0) is 14.6 Å². The van der Waals surface area contributed by atoms with E-state index in [4.69, 9.17) is 0 Å². The zero-order chi connectivity index (χ0) is 22.9. The standard InChI is InChI=1S/C21H20F2N4O3S2/c1-13(20(28)24-16-9-10-32(29,30)12-16)31-21-26-25-19(14-5-3-2-4-6-14)27(21)18-8-7-15(22)11-17(18)23/h2-8,11,13,16H,9-10,12H2,1H3,(H,24,28)/t13-,16+/m1/s1. The van der Waals surface area contributed by atoms with Crippen LogP contribution in [0, 0.1) is 11.6 Å². The van der Waals surface area contributed by atoms with Gasteiger partial charge < -0.3 is 5.32 Å². The molecule has 3 aromatic rings. The smallest absolute Gasteiger partial charge is 0.233 e. The maximum Gasteiger partial charge on any atom is 0.233 e. The van der Waals surface area contributed by atoms with Crippen molar-refractivity contribution >= 4 is 27.5 Å². The molecular formula is C21H20F2N4O3S2. The van der Waals surface area contributed by atoms with Crippen molar-refractivity contribution in [2.45, 2.75) is 29.8 Å². The van der Waals surface area contributed by atoms with Gasteiger partial charge in [0.2, 0.25) is 5.91 Å². The topological polar surface area (TPSA) is 93.9 Å². The summed E-state index contributed by atoms with van der Waals surface area (Å²) < 4.78 is 52.9. The molecule has 0 radical (unpaired) electrons. The number of carbonyl (C=O) groups excluding carboxylic acids is 1. The highest BCUT2D eigenvalue weighted by Gasteiger charge is 2.31. The fourth-order valence-corrected chi connectivity index (χ4v) is 5.98. The minimum atomic E-state index is -3.12. The Morgan fingerprint density at radius 1 is 1.19 bits per heavy atom. The molecule has 0 unspecified atom stereocenters. The molecule has 1 aromatic heterocycles. The van der Waals surface area contributed by atoms with E-state index >= 15 is 0 Å². The third kappa shape index (κ3) is 4.83. The molecule has 11 heteroatoms. The van der Waals surface area contributed by atoms with Crippen molar-refractivity contribution in [3.8, 4) is 17.1 Å². The number of hydrogen-bond acceptors (Lipinski definition) is 6. The van der Waals surface area contributed by atoms with Gasteiger partial charge in [-0.3, -0.25) is 9.36 Å². The Morgan fingerprint density at radius 3 is 2.59 bits per heavy atom. The normalized spacial score (nSPS) is 18.4. The number of halogens is 2. The first-order chi connectivity index (χ1) is 15.2. The molecule has 2 atom stereocenters. The Labute approximate surface area is 188 Å². The molecule has 0 aliphatic carbocycles. The highest BCUT2D eigenvalue weighted by atomic mass is 32.2. The molecule has 168 valence electrons. The Hall–Kier alpha value is -2.79. The van der Waals surface area contributed by atoms with Crippen molar-refractivity contribution in [3.05, 3.63) is 60.2 Å². The lowest BCUT2D eigenvalue weighted by Gasteiger charge is -2.16. The quantitative estimate of drug-likeness (QED) is 0.548. The van der Waals surface area contributed by atoms with Gasteiger partial charge >= 0.3 is 0 Å². The molecule has 2 heterocycles. The van der Waals surface area contributed by atoms with Crippen molar-refractivity contribution in [2.24, 2.45) is 0 Å². The van der Waals surface area contributed by atoms with Crippen LogP contribution in [0.25, 0.3) is 17.1 Å². The fraction of sp³-hybridized carbons (Fsp3) is 0.286. The summed E-state index contributed by atoms with van der Waals surface area (Å²) in [6.07, 6.45) is 0.376. The van der Waals surface area contributed by atoms with E-state index in [0.29, 0.717) is 17.8 Å². The van der Waals surface area contributed by atoms with E-state index in [1.807, 2.05) is 6.07 Å². The zero-order valence-corrected chi connectivity index (χ0v) is 18.7. The van der Waals surface area contributed by atoms with Crippen LogP contribution in [0.15, 0.2) is 53.7 Å². The Bertz CT molecular complexity index is 1250. The Balaban J connectivity index is 1.64. The van der Waals surface area contributed by atoms with Crippen LogP contribution < -0.4 is 5.32 Å². The van der Waals surface area contributed by atoms with Gasteiger partial charge in [0.05, 0.1) is 22.4 Å². The van der Waals surface area contributed by atoms with Gasteiger partial charge in [-0.15, -0.1) is 10.2 Å². The lowest BCUT2D eigenvalue weighted by molar-refractivity contribution is -0.120. The molecule has 1 N–H and O–H groups in total. The van der Waals surface area contributed by atoms with Crippen molar-refractivity contribution in [1.82, 2.24) is 20.1 Å². The predicted molar refractivity (Wildman–Crippen MR) is 117 cm³/mol. The number of nitrogens with zero attached hydrogens (tertiary/aromatic N) is 3. The molecule has 0 bridgehead atoms. The second kappa shape index (κ2) is 8.99. The number of nitrogens with one attached hydrogen (secondary N) is 1. The van der Waals surface area contributed by atoms with Gasteiger partial charge in [0, 0.05) is 17.7 Å². The number of amides is 1. The van der Waals surface area contributed by atoms with Gasteiger partial charge in [-0.05, 0) is 25.5 Å². The molecule has 1 fully saturated rings. The third-order valence-corrected chi connectivity index (χ3v) is 7.86. The van der Waals surface area contributed by atoms with Gasteiger partial charge in [0.25, 0.3) is 0 Å². The number of aromatic nitrogens is 3. The summed E-state index contributed by atoms with van der Waals surface area (Å²) in [7, 11) is -3.12. The third-order valence-electron chi connectivity index (χ3n) is 5.05. The van der Waals surface area contributed by atoms with E-state index in [0.717, 1.165) is 23.9 Å². The van der Waals surface area contributed by atoms with Crippen LogP contribution in [0.2, 0.25) is 0 Å². The summed E-state index contributed by atoms with van der Waals surface area (Å²) in [4.78, 5) is 12.6. The van der Waals surface area contributed by atoms with E-state index in [1.54, 1.807) is 31.2 Å². The summed E-state index contributed by atoms with van der Waals surface area (Å²) in [5.41, 5.74) is 0.719. The second-order valence-corrected chi connectivity index (χ2v) is 11.0. The molecule has 32 heavy (non-hydrogen) atoms. The van der Waals surface area contributed by atoms with Gasteiger partial charge in [0.1, 0.15) is 11.6 Å². The van der Waals surface area contributed by atoms with Gasteiger partial charge in [-0.1, -0.05) is 42.1 Å². The molecule has 1 amide bonds. The van der Waals surface area contributed by atoms with Crippen molar-refractivity contribution in [2.75, 3.05) is 11.5 Å². The molecular weight excluding hydrogens is 458 g/mol. The molecule has 0 saturated carbocycles. The van der Waals surface area contributed by atoms with Crippen molar-refractivity contribution in [1.29, 1.82) is 0 Å². The van der Waals surface area contributed by atoms with Crippen molar-refractivity contribution in [3.63, 3.8) is 0 Å². The highest BCUT2D eigenvalue weighted by molar-refractivity contribution is 8.00. The first-order valence-electron chi connectivity index (χ1n) is 9.87. The van der Waals surface area contributed by atoms with E-state index < -0.39 is 32.8 Å². The SMILES string of the molecule is C[C@@H](Sc1nnc(-c2ccccc2)n1-c1ccc(F)cc1F)C(=O)N[C@H]1CCS(=O)(=O)C1. The molecule has 2 aromatic carbocycles. The maximum atomic E-state index is 14.7. The van der Waals surface area contributed by atoms with E-state index in [1.165, 1.54) is 10.6 Å². The molecule has 7 nitrogen and oxygen atoms in total. The number of hydrogen-bond donors (Lipinski definition) is 1. The molecule has 1 aliphatic heterocycles. The van der Waals surface area contributed by atoms with Gasteiger partial charge in [-0.2, -0.15) is 0 Å². The highest BCUT2D eigenvalue weighted by Crippen LogP contribution is 2.31. The van der Waals surface area contributed by atoms with E-state index in [-0.39, 0.29) is 28.3 Å². The van der Waals surface area contributed by atoms with Crippen LogP contribution in [0.5, 0.6) is 0 Å². The number of thioether (sulfide) groups is 1.